The first kappa shape index (κ1) is 8.56. The summed E-state index contributed by atoms with van der Waals surface area (Å²) >= 11 is 1.47. The van der Waals surface area contributed by atoms with Gasteiger partial charge in [-0.15, -0.1) is 0 Å². The number of hydrogen-bond donors (Lipinski definition) is 0. The summed E-state index contributed by atoms with van der Waals surface area (Å²) < 4.78 is 5.47. The van der Waals surface area contributed by atoms with E-state index in [1.54, 1.807) is 6.33 Å². The maximum atomic E-state index is 4.41. The molecule has 0 spiro atoms. The Labute approximate surface area is 81.0 Å². The summed E-state index contributed by atoms with van der Waals surface area (Å²) in [4.78, 5) is 8.21. The van der Waals surface area contributed by atoms with Crippen molar-refractivity contribution in [3.63, 3.8) is 0 Å². The van der Waals surface area contributed by atoms with Crippen molar-refractivity contribution < 1.29 is 0 Å². The second-order valence-corrected chi connectivity index (χ2v) is 4.82. The van der Waals surface area contributed by atoms with Crippen LogP contribution >= 0.6 is 11.5 Å². The molecule has 0 saturated heterocycles. The lowest BCUT2D eigenvalue weighted by Crippen LogP contribution is -2.12. The van der Waals surface area contributed by atoms with Crippen LogP contribution in [0.3, 0.4) is 0 Å². The molecular weight excluding hydrogens is 182 g/mol. The van der Waals surface area contributed by atoms with Crippen molar-refractivity contribution in [3.8, 4) is 0 Å². The molecule has 0 N–H and O–H groups in total. The van der Waals surface area contributed by atoms with Crippen molar-refractivity contribution in [3.05, 3.63) is 18.2 Å². The van der Waals surface area contributed by atoms with E-state index in [0.29, 0.717) is 0 Å². The van der Waals surface area contributed by atoms with Crippen LogP contribution < -0.4 is 0 Å². The minimum Gasteiger partial charge on any atom is -0.243 e. The Morgan fingerprint density at radius 2 is 2.08 bits per heavy atom. The highest BCUT2D eigenvalue weighted by Gasteiger charge is 2.21. The lowest BCUT2D eigenvalue weighted by atomic mass is 9.92. The average Bonchev–Trinajstić information content (AvgIpc) is 2.45. The van der Waals surface area contributed by atoms with Crippen LogP contribution in [0.1, 0.15) is 26.5 Å². The zero-order valence-corrected chi connectivity index (χ0v) is 8.72. The molecule has 68 valence electrons. The first-order valence-corrected chi connectivity index (χ1v) is 4.92. The number of rotatable bonds is 0. The molecule has 0 bridgehead atoms. The fraction of sp³-hybridized carbons (Fsp3) is 0.444. The molecule has 0 atom stereocenters. The zero-order valence-electron chi connectivity index (χ0n) is 7.90. The molecule has 0 unspecified atom stereocenters. The van der Waals surface area contributed by atoms with Crippen molar-refractivity contribution in [2.75, 3.05) is 0 Å². The third-order valence-electron chi connectivity index (χ3n) is 1.85. The maximum absolute atomic E-state index is 4.41. The van der Waals surface area contributed by atoms with Gasteiger partial charge in [-0.3, -0.25) is 0 Å². The van der Waals surface area contributed by atoms with Crippen LogP contribution in [0, 0.1) is 0 Å². The van der Waals surface area contributed by atoms with Crippen LogP contribution in [0.15, 0.2) is 12.5 Å². The van der Waals surface area contributed by atoms with Gasteiger partial charge >= 0.3 is 0 Å². The Morgan fingerprint density at radius 1 is 1.31 bits per heavy atom. The van der Waals surface area contributed by atoms with E-state index >= 15 is 0 Å². The Hall–Kier alpha value is -1.03. The largest absolute Gasteiger partial charge is 0.243 e. The summed E-state index contributed by atoms with van der Waals surface area (Å²) in [6.45, 7) is 6.43. The Kier molecular flexibility index (Phi) is 1.80. The van der Waals surface area contributed by atoms with Crippen LogP contribution in [-0.2, 0) is 5.41 Å². The second-order valence-electron chi connectivity index (χ2n) is 4.02. The number of nitrogens with zero attached hydrogens (tertiary/aromatic N) is 3. The Morgan fingerprint density at radius 3 is 2.77 bits per heavy atom. The molecule has 0 aromatic carbocycles. The highest BCUT2D eigenvalue weighted by Crippen LogP contribution is 2.29. The third kappa shape index (κ3) is 1.42. The molecule has 4 heteroatoms. The molecule has 0 saturated carbocycles. The van der Waals surface area contributed by atoms with Gasteiger partial charge in [-0.2, -0.15) is 4.37 Å². The monoisotopic (exact) mass is 193 g/mol. The fourth-order valence-corrected chi connectivity index (χ4v) is 2.09. The van der Waals surface area contributed by atoms with Crippen LogP contribution in [0.5, 0.6) is 0 Å². The molecule has 0 aliphatic carbocycles. The molecule has 0 aliphatic rings. The first-order valence-electron chi connectivity index (χ1n) is 4.15. The van der Waals surface area contributed by atoms with Crippen molar-refractivity contribution in [1.29, 1.82) is 0 Å². The molecular formula is C9H11N3S. The first-order chi connectivity index (χ1) is 6.09. The minimum absolute atomic E-state index is 0.0621. The van der Waals surface area contributed by atoms with Crippen molar-refractivity contribution in [1.82, 2.24) is 14.3 Å². The number of aromatic nitrogens is 3. The van der Waals surface area contributed by atoms with E-state index in [9.17, 15) is 0 Å². The van der Waals surface area contributed by atoms with Crippen LogP contribution in [-0.4, -0.2) is 14.3 Å². The summed E-state index contributed by atoms with van der Waals surface area (Å²) in [6, 6.07) is 0. The standard InChI is InChI=1S/C9H11N3S/c1-9(2,3)8-7-6(13-12-8)4-10-5-11-7/h4-5H,1-3H3. The van der Waals surface area contributed by atoms with Crippen LogP contribution in [0.2, 0.25) is 0 Å². The predicted molar refractivity (Wildman–Crippen MR) is 53.9 cm³/mol. The summed E-state index contributed by atoms with van der Waals surface area (Å²) in [5.41, 5.74) is 2.12. The molecule has 3 nitrogen and oxygen atoms in total. The highest BCUT2D eigenvalue weighted by atomic mass is 32.1. The molecule has 2 rings (SSSR count). The van der Waals surface area contributed by atoms with Gasteiger partial charge in [-0.05, 0) is 11.5 Å². The zero-order chi connectivity index (χ0) is 9.47. The normalized spacial score (nSPS) is 12.2. The van der Waals surface area contributed by atoms with Gasteiger partial charge in [0.2, 0.25) is 0 Å². The van der Waals surface area contributed by atoms with E-state index in [2.05, 4.69) is 35.1 Å². The van der Waals surface area contributed by atoms with E-state index in [-0.39, 0.29) is 5.41 Å². The Bertz CT molecular complexity index is 428. The van der Waals surface area contributed by atoms with Crippen molar-refractivity contribution in [2.24, 2.45) is 0 Å². The van der Waals surface area contributed by atoms with Gasteiger partial charge in [-0.1, -0.05) is 20.8 Å². The highest BCUT2D eigenvalue weighted by molar-refractivity contribution is 7.13. The van der Waals surface area contributed by atoms with Gasteiger partial charge in [-0.25, -0.2) is 9.97 Å². The molecule has 2 aromatic rings. The third-order valence-corrected chi connectivity index (χ3v) is 2.62. The average molecular weight is 193 g/mol. The molecule has 0 fully saturated rings. The van der Waals surface area contributed by atoms with E-state index in [4.69, 9.17) is 0 Å². The Balaban J connectivity index is 2.72. The van der Waals surface area contributed by atoms with Gasteiger partial charge in [0.05, 0.1) is 10.4 Å². The summed E-state index contributed by atoms with van der Waals surface area (Å²) in [5, 5.41) is 0. The van der Waals surface area contributed by atoms with E-state index in [1.165, 1.54) is 11.5 Å². The van der Waals surface area contributed by atoms with E-state index in [0.717, 1.165) is 15.9 Å². The molecule has 0 radical (unpaired) electrons. The molecule has 13 heavy (non-hydrogen) atoms. The molecule has 2 aromatic heterocycles. The minimum atomic E-state index is 0.0621. The molecule has 0 aliphatic heterocycles. The number of hydrogen-bond acceptors (Lipinski definition) is 4. The topological polar surface area (TPSA) is 38.7 Å². The predicted octanol–water partition coefficient (Wildman–Crippen LogP) is 2.38. The lowest BCUT2D eigenvalue weighted by molar-refractivity contribution is 0.580. The second kappa shape index (κ2) is 2.73. The smallest absolute Gasteiger partial charge is 0.116 e. The van der Waals surface area contributed by atoms with Gasteiger partial charge in [0.15, 0.2) is 0 Å². The van der Waals surface area contributed by atoms with Crippen LogP contribution in [0.4, 0.5) is 0 Å². The lowest BCUT2D eigenvalue weighted by Gasteiger charge is -2.14. The van der Waals surface area contributed by atoms with Crippen LogP contribution in [0.25, 0.3) is 10.2 Å². The number of fused-ring (bicyclic) bond motifs is 1. The fourth-order valence-electron chi connectivity index (χ4n) is 1.19. The summed E-state index contributed by atoms with van der Waals surface area (Å²) in [6.07, 6.45) is 3.39. The maximum Gasteiger partial charge on any atom is 0.116 e. The van der Waals surface area contributed by atoms with Gasteiger partial charge in [0.1, 0.15) is 11.8 Å². The molecule has 2 heterocycles. The van der Waals surface area contributed by atoms with E-state index in [1.807, 2.05) is 6.20 Å². The summed E-state index contributed by atoms with van der Waals surface area (Å²) in [5.74, 6) is 0. The van der Waals surface area contributed by atoms with Gasteiger partial charge < -0.3 is 0 Å². The summed E-state index contributed by atoms with van der Waals surface area (Å²) in [7, 11) is 0. The quantitative estimate of drug-likeness (QED) is 0.644. The van der Waals surface area contributed by atoms with Crippen molar-refractivity contribution >= 4 is 21.7 Å². The SMILES string of the molecule is CC(C)(C)c1nsc2cncnc12. The van der Waals surface area contributed by atoms with Crippen molar-refractivity contribution in [2.45, 2.75) is 26.2 Å². The van der Waals surface area contributed by atoms with Gasteiger partial charge in [0.25, 0.3) is 0 Å². The van der Waals surface area contributed by atoms with E-state index < -0.39 is 0 Å². The van der Waals surface area contributed by atoms with Gasteiger partial charge in [0, 0.05) is 11.6 Å². The molecule has 0 amide bonds.